The van der Waals surface area contributed by atoms with Gasteiger partial charge in [0.05, 0.1) is 0 Å². The van der Waals surface area contributed by atoms with Crippen molar-refractivity contribution in [1.82, 2.24) is 0 Å². The Labute approximate surface area is 117 Å². The first-order valence-electron chi connectivity index (χ1n) is 7.93. The van der Waals surface area contributed by atoms with Crippen molar-refractivity contribution in [1.29, 1.82) is 0 Å². The Balaban J connectivity index is 1.82. The molecule has 1 unspecified atom stereocenters. The minimum Gasteiger partial charge on any atom is -0.207 e. The van der Waals surface area contributed by atoms with Crippen LogP contribution in [0.5, 0.6) is 0 Å². The third-order valence-electron chi connectivity index (χ3n) is 4.84. The van der Waals surface area contributed by atoms with Gasteiger partial charge in [0.2, 0.25) is 0 Å². The minimum absolute atomic E-state index is 0.101. The molecule has 0 bridgehead atoms. The number of rotatable bonds is 5. The topological polar surface area (TPSA) is 0 Å². The molecular weight excluding hydrogens is 235 g/mol. The third-order valence-corrected chi connectivity index (χ3v) is 4.84. The van der Waals surface area contributed by atoms with Crippen molar-refractivity contribution in [2.75, 3.05) is 0 Å². The Kier molecular flexibility index (Phi) is 5.42. The van der Waals surface area contributed by atoms with Crippen molar-refractivity contribution in [2.45, 2.75) is 58.8 Å². The normalized spacial score (nSPS) is 25.2. The summed E-state index contributed by atoms with van der Waals surface area (Å²) >= 11 is 0. The van der Waals surface area contributed by atoms with Gasteiger partial charge >= 0.3 is 0 Å². The maximum atomic E-state index is 13.2. The molecule has 1 aliphatic carbocycles. The Morgan fingerprint density at radius 1 is 1.21 bits per heavy atom. The molecule has 19 heavy (non-hydrogen) atoms. The summed E-state index contributed by atoms with van der Waals surface area (Å²) in [6, 6.07) is 7.11. The van der Waals surface area contributed by atoms with E-state index in [4.69, 9.17) is 0 Å². The molecule has 2 rings (SSSR count). The zero-order valence-corrected chi connectivity index (χ0v) is 12.4. The maximum absolute atomic E-state index is 13.2. The fraction of sp³-hybridized carbons (Fsp3) is 0.667. The molecule has 1 atom stereocenters. The van der Waals surface area contributed by atoms with Gasteiger partial charge in [-0.15, -0.1) is 0 Å². The van der Waals surface area contributed by atoms with E-state index in [1.165, 1.54) is 44.6 Å². The lowest BCUT2D eigenvalue weighted by Crippen LogP contribution is -2.21. The van der Waals surface area contributed by atoms with E-state index in [0.29, 0.717) is 5.92 Å². The lowest BCUT2D eigenvalue weighted by atomic mass is 9.74. The second kappa shape index (κ2) is 7.07. The zero-order valence-electron chi connectivity index (χ0n) is 12.4. The SMILES string of the molecule is CCCC1CCC(C(C)Cc2cccc(F)c2)CC1. The Morgan fingerprint density at radius 2 is 1.95 bits per heavy atom. The van der Waals surface area contributed by atoms with Crippen molar-refractivity contribution in [3.63, 3.8) is 0 Å². The molecular formula is C18H27F. The van der Waals surface area contributed by atoms with Crippen molar-refractivity contribution in [3.8, 4) is 0 Å². The van der Waals surface area contributed by atoms with Gasteiger partial charge in [0.25, 0.3) is 0 Å². The van der Waals surface area contributed by atoms with E-state index >= 15 is 0 Å². The summed E-state index contributed by atoms with van der Waals surface area (Å²) in [5, 5.41) is 0. The van der Waals surface area contributed by atoms with E-state index in [1.54, 1.807) is 6.07 Å². The summed E-state index contributed by atoms with van der Waals surface area (Å²) < 4.78 is 13.2. The van der Waals surface area contributed by atoms with Crippen LogP contribution in [0.2, 0.25) is 0 Å². The molecule has 1 fully saturated rings. The fourth-order valence-electron chi connectivity index (χ4n) is 3.66. The van der Waals surface area contributed by atoms with Crippen LogP contribution in [0.1, 0.15) is 57.9 Å². The van der Waals surface area contributed by atoms with E-state index in [9.17, 15) is 4.39 Å². The smallest absolute Gasteiger partial charge is 0.123 e. The molecule has 0 N–H and O–H groups in total. The molecule has 0 aromatic heterocycles. The van der Waals surface area contributed by atoms with Crippen molar-refractivity contribution < 1.29 is 4.39 Å². The maximum Gasteiger partial charge on any atom is 0.123 e. The highest BCUT2D eigenvalue weighted by Crippen LogP contribution is 2.36. The van der Waals surface area contributed by atoms with Crippen molar-refractivity contribution >= 4 is 0 Å². The van der Waals surface area contributed by atoms with Gasteiger partial charge in [-0.2, -0.15) is 0 Å². The van der Waals surface area contributed by atoms with E-state index < -0.39 is 0 Å². The largest absolute Gasteiger partial charge is 0.207 e. The highest BCUT2D eigenvalue weighted by Gasteiger charge is 2.24. The summed E-state index contributed by atoms with van der Waals surface area (Å²) in [4.78, 5) is 0. The van der Waals surface area contributed by atoms with E-state index in [-0.39, 0.29) is 5.82 Å². The molecule has 1 aliphatic rings. The Bertz CT molecular complexity index is 377. The van der Waals surface area contributed by atoms with E-state index in [1.807, 2.05) is 6.07 Å². The van der Waals surface area contributed by atoms with Gasteiger partial charge in [0.1, 0.15) is 5.82 Å². The lowest BCUT2D eigenvalue weighted by Gasteiger charge is -2.32. The highest BCUT2D eigenvalue weighted by atomic mass is 19.1. The number of hydrogen-bond acceptors (Lipinski definition) is 0. The molecule has 0 aliphatic heterocycles. The summed E-state index contributed by atoms with van der Waals surface area (Å²) in [5.74, 6) is 2.40. The average Bonchev–Trinajstić information content (AvgIpc) is 2.40. The van der Waals surface area contributed by atoms with Gasteiger partial charge in [-0.3, -0.25) is 0 Å². The van der Waals surface area contributed by atoms with Crippen LogP contribution in [0.4, 0.5) is 4.39 Å². The zero-order chi connectivity index (χ0) is 13.7. The summed E-state index contributed by atoms with van der Waals surface area (Å²) in [7, 11) is 0. The third kappa shape index (κ3) is 4.33. The molecule has 0 nitrogen and oxygen atoms in total. The second-order valence-corrected chi connectivity index (χ2v) is 6.38. The number of hydrogen-bond donors (Lipinski definition) is 0. The number of benzene rings is 1. The first-order valence-corrected chi connectivity index (χ1v) is 7.93. The first-order chi connectivity index (χ1) is 9.19. The molecule has 1 saturated carbocycles. The average molecular weight is 262 g/mol. The number of halogens is 1. The molecule has 1 aromatic carbocycles. The molecule has 1 heteroatoms. The van der Waals surface area contributed by atoms with Gasteiger partial charge < -0.3 is 0 Å². The lowest BCUT2D eigenvalue weighted by molar-refractivity contribution is 0.206. The standard InChI is InChI=1S/C18H27F/c1-3-5-15-8-10-17(11-9-15)14(2)12-16-6-4-7-18(19)13-16/h4,6-7,13-15,17H,3,5,8-12H2,1-2H3. The van der Waals surface area contributed by atoms with Crippen LogP contribution in [0.3, 0.4) is 0 Å². The van der Waals surface area contributed by atoms with Gasteiger partial charge in [0, 0.05) is 0 Å². The van der Waals surface area contributed by atoms with E-state index in [0.717, 1.165) is 23.8 Å². The monoisotopic (exact) mass is 262 g/mol. The van der Waals surface area contributed by atoms with Crippen LogP contribution in [-0.2, 0) is 6.42 Å². The summed E-state index contributed by atoms with van der Waals surface area (Å²) in [5.41, 5.74) is 1.16. The first kappa shape index (κ1) is 14.6. The summed E-state index contributed by atoms with van der Waals surface area (Å²) in [6.07, 6.45) is 9.33. The highest BCUT2D eigenvalue weighted by molar-refractivity contribution is 5.16. The predicted octanol–water partition coefficient (Wildman–Crippen LogP) is 5.61. The molecule has 1 aromatic rings. The van der Waals surface area contributed by atoms with Crippen LogP contribution in [0.25, 0.3) is 0 Å². The van der Waals surface area contributed by atoms with Gasteiger partial charge in [-0.1, -0.05) is 51.7 Å². The second-order valence-electron chi connectivity index (χ2n) is 6.38. The van der Waals surface area contributed by atoms with Crippen LogP contribution in [-0.4, -0.2) is 0 Å². The minimum atomic E-state index is -0.101. The Morgan fingerprint density at radius 3 is 2.58 bits per heavy atom. The van der Waals surface area contributed by atoms with Crippen LogP contribution in [0, 0.1) is 23.6 Å². The molecule has 0 radical (unpaired) electrons. The van der Waals surface area contributed by atoms with E-state index in [2.05, 4.69) is 19.9 Å². The molecule has 0 spiro atoms. The molecule has 0 heterocycles. The van der Waals surface area contributed by atoms with Crippen molar-refractivity contribution in [3.05, 3.63) is 35.6 Å². The molecule has 0 amide bonds. The Hall–Kier alpha value is -0.850. The molecule has 106 valence electrons. The van der Waals surface area contributed by atoms with Gasteiger partial charge in [0.15, 0.2) is 0 Å². The van der Waals surface area contributed by atoms with Crippen molar-refractivity contribution in [2.24, 2.45) is 17.8 Å². The van der Waals surface area contributed by atoms with Gasteiger partial charge in [-0.05, 0) is 54.7 Å². The van der Waals surface area contributed by atoms with Gasteiger partial charge in [-0.25, -0.2) is 4.39 Å². The fourth-order valence-corrected chi connectivity index (χ4v) is 3.66. The summed E-state index contributed by atoms with van der Waals surface area (Å²) in [6.45, 7) is 4.63. The van der Waals surface area contributed by atoms with Crippen LogP contribution >= 0.6 is 0 Å². The molecule has 0 saturated heterocycles. The van der Waals surface area contributed by atoms with Crippen LogP contribution in [0.15, 0.2) is 24.3 Å². The quantitative estimate of drug-likeness (QED) is 0.647. The predicted molar refractivity (Wildman–Crippen MR) is 79.6 cm³/mol. The van der Waals surface area contributed by atoms with Crippen LogP contribution < -0.4 is 0 Å².